The molecule has 1 unspecified atom stereocenters. The average molecular weight is 278 g/mol. The van der Waals surface area contributed by atoms with Gasteiger partial charge in [0.1, 0.15) is 11.4 Å². The smallest absolute Gasteiger partial charge is 0.239 e. The zero-order chi connectivity index (χ0) is 14.8. The van der Waals surface area contributed by atoms with Crippen molar-refractivity contribution >= 4 is 17.4 Å². The Morgan fingerprint density at radius 2 is 2.25 bits per heavy atom. The van der Waals surface area contributed by atoms with E-state index in [0.717, 1.165) is 6.42 Å². The molecule has 1 aromatic rings. The highest BCUT2D eigenvalue weighted by molar-refractivity contribution is 5.78. The van der Waals surface area contributed by atoms with E-state index in [1.807, 2.05) is 26.8 Å². The van der Waals surface area contributed by atoms with Crippen LogP contribution in [-0.4, -0.2) is 29.1 Å². The number of amides is 1. The number of pyridine rings is 1. The molecular formula is C14H22N4O2. The van der Waals surface area contributed by atoms with Crippen molar-refractivity contribution in [3.8, 4) is 5.88 Å². The number of carbonyl (C=O) groups excluding carboxylic acids is 1. The van der Waals surface area contributed by atoms with Gasteiger partial charge in [-0.05, 0) is 39.3 Å². The minimum atomic E-state index is -0.348. The Balaban J connectivity index is 1.98. The van der Waals surface area contributed by atoms with Gasteiger partial charge in [-0.3, -0.25) is 4.79 Å². The number of aromatic nitrogens is 1. The van der Waals surface area contributed by atoms with Crippen LogP contribution in [0.1, 0.15) is 33.6 Å². The zero-order valence-electron chi connectivity index (χ0n) is 12.2. The molecule has 2 rings (SSSR count). The maximum absolute atomic E-state index is 11.1. The van der Waals surface area contributed by atoms with Crippen molar-refractivity contribution in [2.24, 2.45) is 0 Å². The van der Waals surface area contributed by atoms with E-state index in [-0.39, 0.29) is 17.6 Å². The molecule has 1 aromatic heterocycles. The first-order valence-electron chi connectivity index (χ1n) is 6.82. The Morgan fingerprint density at radius 1 is 1.50 bits per heavy atom. The molecule has 20 heavy (non-hydrogen) atoms. The van der Waals surface area contributed by atoms with E-state index in [1.165, 1.54) is 0 Å². The fourth-order valence-corrected chi connectivity index (χ4v) is 1.98. The van der Waals surface area contributed by atoms with Gasteiger partial charge in [-0.25, -0.2) is 0 Å². The summed E-state index contributed by atoms with van der Waals surface area (Å²) in [5.41, 5.74) is 6.03. The minimum absolute atomic E-state index is 0.110. The van der Waals surface area contributed by atoms with Gasteiger partial charge in [0.25, 0.3) is 0 Å². The van der Waals surface area contributed by atoms with Gasteiger partial charge < -0.3 is 21.1 Å². The molecule has 6 nitrogen and oxygen atoms in total. The first kappa shape index (κ1) is 14.4. The Kier molecular flexibility index (Phi) is 4.01. The summed E-state index contributed by atoms with van der Waals surface area (Å²) in [6.07, 6.45) is 1.45. The van der Waals surface area contributed by atoms with E-state index in [9.17, 15) is 4.79 Å². The molecule has 1 aliphatic heterocycles. The molecule has 0 radical (unpaired) electrons. The van der Waals surface area contributed by atoms with Crippen LogP contribution in [0.5, 0.6) is 5.88 Å². The predicted molar refractivity (Wildman–Crippen MR) is 78.7 cm³/mol. The van der Waals surface area contributed by atoms with Gasteiger partial charge >= 0.3 is 0 Å². The second kappa shape index (κ2) is 5.56. The predicted octanol–water partition coefficient (Wildman–Crippen LogP) is 1.53. The van der Waals surface area contributed by atoms with E-state index < -0.39 is 0 Å². The lowest BCUT2D eigenvalue weighted by molar-refractivity contribution is -0.119. The van der Waals surface area contributed by atoms with E-state index in [4.69, 9.17) is 10.5 Å². The van der Waals surface area contributed by atoms with Gasteiger partial charge in [0.2, 0.25) is 11.8 Å². The van der Waals surface area contributed by atoms with Crippen molar-refractivity contribution in [3.05, 3.63) is 12.1 Å². The number of ether oxygens (including phenoxy) is 1. The molecule has 1 amide bonds. The highest BCUT2D eigenvalue weighted by Gasteiger charge is 2.20. The van der Waals surface area contributed by atoms with Crippen molar-refractivity contribution in [1.29, 1.82) is 0 Å². The van der Waals surface area contributed by atoms with Gasteiger partial charge in [-0.15, -0.1) is 0 Å². The number of anilines is 2. The Hall–Kier alpha value is -1.98. The number of nitrogens with two attached hydrogens (primary N) is 1. The third-order valence-corrected chi connectivity index (χ3v) is 2.91. The summed E-state index contributed by atoms with van der Waals surface area (Å²) in [6.45, 7) is 6.49. The van der Waals surface area contributed by atoms with Crippen LogP contribution in [0.2, 0.25) is 0 Å². The van der Waals surface area contributed by atoms with Crippen LogP contribution in [-0.2, 0) is 4.79 Å². The van der Waals surface area contributed by atoms with Crippen LogP contribution in [0.3, 0.4) is 0 Å². The molecule has 4 N–H and O–H groups in total. The van der Waals surface area contributed by atoms with Crippen molar-refractivity contribution in [3.63, 3.8) is 0 Å². The number of rotatable bonds is 4. The van der Waals surface area contributed by atoms with E-state index >= 15 is 0 Å². The largest absolute Gasteiger partial charge is 0.470 e. The summed E-state index contributed by atoms with van der Waals surface area (Å²) in [4.78, 5) is 15.5. The van der Waals surface area contributed by atoms with Crippen molar-refractivity contribution < 1.29 is 9.53 Å². The van der Waals surface area contributed by atoms with Gasteiger partial charge in [-0.1, -0.05) is 0 Å². The average Bonchev–Trinajstić information content (AvgIpc) is 2.74. The molecule has 0 aliphatic carbocycles. The van der Waals surface area contributed by atoms with Crippen LogP contribution in [0.15, 0.2) is 12.1 Å². The lowest BCUT2D eigenvalue weighted by atomic mass is 10.2. The first-order valence-corrected chi connectivity index (χ1v) is 6.82. The Labute approximate surface area is 119 Å². The molecule has 1 aliphatic rings. The number of nitrogens with zero attached hydrogens (tertiary/aromatic N) is 1. The lowest BCUT2D eigenvalue weighted by Crippen LogP contribution is -2.32. The molecule has 1 saturated heterocycles. The second-order valence-corrected chi connectivity index (χ2v) is 5.99. The van der Waals surface area contributed by atoms with Gasteiger partial charge in [0, 0.05) is 19.0 Å². The molecule has 1 fully saturated rings. The molecule has 110 valence electrons. The van der Waals surface area contributed by atoms with E-state index in [2.05, 4.69) is 15.6 Å². The summed E-state index contributed by atoms with van der Waals surface area (Å²) in [5, 5.41) is 6.10. The van der Waals surface area contributed by atoms with Gasteiger partial charge in [0.15, 0.2) is 0 Å². The number of carbonyl (C=O) groups is 1. The van der Waals surface area contributed by atoms with Crippen molar-refractivity contribution in [2.45, 2.75) is 45.3 Å². The molecule has 0 aromatic carbocycles. The second-order valence-electron chi connectivity index (χ2n) is 5.99. The SMILES string of the molecule is CC(C)(C)Oc1nc(NCC2CCC(=O)N2)ccc1N. The monoisotopic (exact) mass is 278 g/mol. The maximum Gasteiger partial charge on any atom is 0.239 e. The highest BCUT2D eigenvalue weighted by atomic mass is 16.5. The summed E-state index contributed by atoms with van der Waals surface area (Å²) in [5.74, 6) is 1.23. The number of hydrogen-bond donors (Lipinski definition) is 3. The molecule has 1 atom stereocenters. The number of nitrogen functional groups attached to an aromatic ring is 1. The zero-order valence-corrected chi connectivity index (χ0v) is 12.2. The molecule has 0 spiro atoms. The van der Waals surface area contributed by atoms with Crippen LogP contribution in [0.25, 0.3) is 0 Å². The first-order chi connectivity index (χ1) is 9.33. The Bertz CT molecular complexity index is 496. The molecular weight excluding hydrogens is 256 g/mol. The quantitative estimate of drug-likeness (QED) is 0.777. The fraction of sp³-hybridized carbons (Fsp3) is 0.571. The fourth-order valence-electron chi connectivity index (χ4n) is 1.98. The van der Waals surface area contributed by atoms with Crippen LogP contribution in [0.4, 0.5) is 11.5 Å². The summed E-state index contributed by atoms with van der Waals surface area (Å²) >= 11 is 0. The standard InChI is InChI=1S/C14H22N4O2/c1-14(2,3)20-13-10(15)5-6-11(18-13)16-8-9-4-7-12(19)17-9/h5-6,9H,4,7-8,15H2,1-3H3,(H,16,18)(H,17,19). The number of hydrogen-bond acceptors (Lipinski definition) is 5. The third kappa shape index (κ3) is 4.01. The number of nitrogens with one attached hydrogen (secondary N) is 2. The maximum atomic E-state index is 11.1. The van der Waals surface area contributed by atoms with Crippen LogP contribution < -0.4 is 21.1 Å². The summed E-state index contributed by atoms with van der Waals surface area (Å²) in [6, 6.07) is 3.74. The summed E-state index contributed by atoms with van der Waals surface area (Å²) in [7, 11) is 0. The van der Waals surface area contributed by atoms with Crippen LogP contribution in [0, 0.1) is 0 Å². The molecule has 0 saturated carbocycles. The van der Waals surface area contributed by atoms with E-state index in [0.29, 0.717) is 30.4 Å². The van der Waals surface area contributed by atoms with Crippen LogP contribution >= 0.6 is 0 Å². The molecule has 0 bridgehead atoms. The van der Waals surface area contributed by atoms with Gasteiger partial charge in [0.05, 0.1) is 5.69 Å². The van der Waals surface area contributed by atoms with E-state index in [1.54, 1.807) is 6.07 Å². The minimum Gasteiger partial charge on any atom is -0.470 e. The Morgan fingerprint density at radius 3 is 2.85 bits per heavy atom. The molecule has 6 heteroatoms. The summed E-state index contributed by atoms with van der Waals surface area (Å²) < 4.78 is 5.72. The highest BCUT2D eigenvalue weighted by Crippen LogP contribution is 2.25. The third-order valence-electron chi connectivity index (χ3n) is 2.91. The topological polar surface area (TPSA) is 89.3 Å². The molecule has 2 heterocycles. The van der Waals surface area contributed by atoms with Crippen molar-refractivity contribution in [1.82, 2.24) is 10.3 Å². The normalized spacial score (nSPS) is 18.8. The van der Waals surface area contributed by atoms with Crippen molar-refractivity contribution in [2.75, 3.05) is 17.6 Å². The van der Waals surface area contributed by atoms with Gasteiger partial charge in [-0.2, -0.15) is 4.98 Å². The lowest BCUT2D eigenvalue weighted by Gasteiger charge is -2.22.